The van der Waals surface area contributed by atoms with Crippen LogP contribution in [0, 0.1) is 19.3 Å². The molecule has 0 spiro atoms. The van der Waals surface area contributed by atoms with Gasteiger partial charge < -0.3 is 20.1 Å². The van der Waals surface area contributed by atoms with Gasteiger partial charge in [0.25, 0.3) is 5.85 Å². The molecule has 0 amide bonds. The molecule has 0 radical (unpaired) electrons. The highest BCUT2D eigenvalue weighted by molar-refractivity contribution is 5.72. The number of aryl methyl sites for hydroxylation is 1. The molecular weight excluding hydrogens is 295 g/mol. The number of terminal acetylenes is 1. The van der Waals surface area contributed by atoms with Gasteiger partial charge in [0.2, 0.25) is 5.60 Å². The Hall–Kier alpha value is -2.12. The number of imidazole rings is 1. The number of halogens is 1. The molecule has 9 heteroatoms. The second-order valence-corrected chi connectivity index (χ2v) is 5.07. The number of hydrogen-bond donors (Lipinski definition) is 3. The topological polar surface area (TPSA) is 114 Å². The van der Waals surface area contributed by atoms with Gasteiger partial charge in [-0.05, 0) is 6.92 Å². The van der Waals surface area contributed by atoms with Gasteiger partial charge in [-0.15, -0.1) is 6.42 Å². The van der Waals surface area contributed by atoms with E-state index >= 15 is 0 Å². The normalized spacial score (nSPS) is 34.9. The van der Waals surface area contributed by atoms with Gasteiger partial charge in [0.1, 0.15) is 18.5 Å². The third-order valence-electron chi connectivity index (χ3n) is 3.75. The standard InChI is InChI=1S/C13H13FN4O4/c1-3-12(21)10(20)13(14,4-19)22-11(12)18-6-17-8-7(2)15-5-16-9(8)18/h1,5-6,10-11,19-21H,4H2,2H3/t10-,11+,12+,13+/m0/s1. The summed E-state index contributed by atoms with van der Waals surface area (Å²) in [5.41, 5.74) is -1.16. The zero-order valence-electron chi connectivity index (χ0n) is 11.5. The predicted octanol–water partition coefficient (Wildman–Crippen LogP) is -0.953. The van der Waals surface area contributed by atoms with Gasteiger partial charge in [-0.2, -0.15) is 0 Å². The Balaban J connectivity index is 2.18. The van der Waals surface area contributed by atoms with E-state index in [1.54, 1.807) is 6.92 Å². The summed E-state index contributed by atoms with van der Waals surface area (Å²) in [6.45, 7) is 0.529. The Bertz CT molecular complexity index is 775. The van der Waals surface area contributed by atoms with E-state index in [0.29, 0.717) is 11.2 Å². The Kier molecular flexibility index (Phi) is 3.15. The van der Waals surface area contributed by atoms with Crippen molar-refractivity contribution in [3.63, 3.8) is 0 Å². The number of ether oxygens (including phenoxy) is 1. The van der Waals surface area contributed by atoms with Crippen LogP contribution in [-0.4, -0.2) is 59.0 Å². The van der Waals surface area contributed by atoms with E-state index in [2.05, 4.69) is 15.0 Å². The van der Waals surface area contributed by atoms with Crippen molar-refractivity contribution in [1.82, 2.24) is 19.5 Å². The summed E-state index contributed by atoms with van der Waals surface area (Å²) in [4.78, 5) is 12.1. The fourth-order valence-electron chi connectivity index (χ4n) is 2.49. The molecule has 1 fully saturated rings. The van der Waals surface area contributed by atoms with Crippen LogP contribution in [0.15, 0.2) is 12.7 Å². The molecule has 0 aromatic carbocycles. The number of aliphatic hydroxyl groups is 3. The predicted molar refractivity (Wildman–Crippen MR) is 70.9 cm³/mol. The lowest BCUT2D eigenvalue weighted by Gasteiger charge is -2.26. The third-order valence-corrected chi connectivity index (χ3v) is 3.75. The van der Waals surface area contributed by atoms with Gasteiger partial charge in [-0.25, -0.2) is 19.3 Å². The monoisotopic (exact) mass is 308 g/mol. The van der Waals surface area contributed by atoms with E-state index in [4.69, 9.17) is 16.3 Å². The van der Waals surface area contributed by atoms with Crippen LogP contribution in [-0.2, 0) is 4.74 Å². The van der Waals surface area contributed by atoms with Crippen molar-refractivity contribution in [2.75, 3.05) is 6.61 Å². The Morgan fingerprint density at radius 2 is 2.23 bits per heavy atom. The van der Waals surface area contributed by atoms with Gasteiger partial charge in [0.15, 0.2) is 18.0 Å². The summed E-state index contributed by atoms with van der Waals surface area (Å²) in [5, 5.41) is 29.5. The fourth-order valence-corrected chi connectivity index (χ4v) is 2.49. The number of alkyl halides is 1. The van der Waals surface area contributed by atoms with Crippen LogP contribution in [0.3, 0.4) is 0 Å². The average molecular weight is 308 g/mol. The van der Waals surface area contributed by atoms with Crippen molar-refractivity contribution < 1.29 is 24.4 Å². The number of fused-ring (bicyclic) bond motifs is 1. The average Bonchev–Trinajstić information content (AvgIpc) is 3.03. The lowest BCUT2D eigenvalue weighted by Crippen LogP contribution is -2.49. The first-order valence-corrected chi connectivity index (χ1v) is 6.37. The van der Waals surface area contributed by atoms with E-state index in [-0.39, 0.29) is 5.65 Å². The minimum absolute atomic E-state index is 0.251. The summed E-state index contributed by atoms with van der Waals surface area (Å²) < 4.78 is 20.6. The Morgan fingerprint density at radius 1 is 1.50 bits per heavy atom. The van der Waals surface area contributed by atoms with Crippen LogP contribution < -0.4 is 0 Å². The molecule has 0 saturated carbocycles. The van der Waals surface area contributed by atoms with Gasteiger partial charge in [0.05, 0.1) is 12.0 Å². The second-order valence-electron chi connectivity index (χ2n) is 5.07. The first-order chi connectivity index (χ1) is 10.4. The van der Waals surface area contributed by atoms with E-state index < -0.39 is 30.4 Å². The van der Waals surface area contributed by atoms with Crippen LogP contribution >= 0.6 is 0 Å². The molecule has 1 aliphatic heterocycles. The number of rotatable bonds is 2. The molecule has 1 aliphatic rings. The highest BCUT2D eigenvalue weighted by Gasteiger charge is 2.64. The van der Waals surface area contributed by atoms with Crippen molar-refractivity contribution in [3.8, 4) is 12.3 Å². The first kappa shape index (κ1) is 14.8. The summed E-state index contributed by atoms with van der Waals surface area (Å²) in [7, 11) is 0. The Morgan fingerprint density at radius 3 is 2.86 bits per heavy atom. The van der Waals surface area contributed by atoms with Gasteiger partial charge in [-0.1, -0.05) is 5.92 Å². The number of aliphatic hydroxyl groups excluding tert-OH is 2. The maximum Gasteiger partial charge on any atom is 0.264 e. The first-order valence-electron chi connectivity index (χ1n) is 6.37. The van der Waals surface area contributed by atoms with Crippen LogP contribution in [0.25, 0.3) is 11.2 Å². The van der Waals surface area contributed by atoms with Crippen molar-refractivity contribution in [1.29, 1.82) is 0 Å². The smallest absolute Gasteiger partial charge is 0.264 e. The highest BCUT2D eigenvalue weighted by Crippen LogP contribution is 2.45. The van der Waals surface area contributed by atoms with Gasteiger partial charge >= 0.3 is 0 Å². The van der Waals surface area contributed by atoms with E-state index in [1.165, 1.54) is 17.2 Å². The third kappa shape index (κ3) is 1.75. The quantitative estimate of drug-likeness (QED) is 0.613. The molecule has 3 rings (SSSR count). The number of hydrogen-bond acceptors (Lipinski definition) is 7. The molecule has 1 saturated heterocycles. The molecule has 3 heterocycles. The van der Waals surface area contributed by atoms with Crippen molar-refractivity contribution in [2.24, 2.45) is 0 Å². The molecule has 0 bridgehead atoms. The summed E-state index contributed by atoms with van der Waals surface area (Å²) in [5.74, 6) is -0.964. The van der Waals surface area contributed by atoms with Crippen LogP contribution in [0.2, 0.25) is 0 Å². The highest BCUT2D eigenvalue weighted by atomic mass is 19.2. The van der Waals surface area contributed by atoms with Crippen molar-refractivity contribution >= 4 is 11.2 Å². The Labute approximate surface area is 124 Å². The zero-order valence-corrected chi connectivity index (χ0v) is 11.5. The van der Waals surface area contributed by atoms with Crippen LogP contribution in [0.5, 0.6) is 0 Å². The minimum Gasteiger partial charge on any atom is -0.390 e. The maximum atomic E-state index is 14.4. The van der Waals surface area contributed by atoms with Gasteiger partial charge in [0, 0.05) is 0 Å². The summed E-state index contributed by atoms with van der Waals surface area (Å²) in [6.07, 6.45) is 4.12. The number of aromatic nitrogens is 4. The van der Waals surface area contributed by atoms with E-state index in [1.807, 2.05) is 5.92 Å². The SMILES string of the molecule is C#C[C@]1(O)[C@H](n2cnc3c(C)ncnc32)O[C@](F)(CO)[C@H]1O. The van der Waals surface area contributed by atoms with E-state index in [9.17, 15) is 14.6 Å². The lowest BCUT2D eigenvalue weighted by molar-refractivity contribution is -0.206. The zero-order chi connectivity index (χ0) is 16.1. The lowest BCUT2D eigenvalue weighted by atomic mass is 9.94. The van der Waals surface area contributed by atoms with Crippen molar-refractivity contribution in [2.45, 2.75) is 30.7 Å². The molecule has 22 heavy (non-hydrogen) atoms. The summed E-state index contributed by atoms with van der Waals surface area (Å²) in [6, 6.07) is 0. The van der Waals surface area contributed by atoms with E-state index in [0.717, 1.165) is 0 Å². The van der Waals surface area contributed by atoms with Gasteiger partial charge in [-0.3, -0.25) is 4.57 Å². The molecule has 4 atom stereocenters. The molecular formula is C13H13FN4O4. The molecule has 116 valence electrons. The molecule has 3 N–H and O–H groups in total. The molecule has 8 nitrogen and oxygen atoms in total. The second kappa shape index (κ2) is 4.69. The maximum absolute atomic E-state index is 14.4. The molecule has 0 unspecified atom stereocenters. The summed E-state index contributed by atoms with van der Waals surface area (Å²) >= 11 is 0. The van der Waals surface area contributed by atoms with Crippen LogP contribution in [0.1, 0.15) is 11.9 Å². The van der Waals surface area contributed by atoms with Crippen LogP contribution in [0.4, 0.5) is 4.39 Å². The molecule has 2 aromatic heterocycles. The number of nitrogens with zero attached hydrogens (tertiary/aromatic N) is 4. The fraction of sp³-hybridized carbons (Fsp3) is 0.462. The molecule has 2 aromatic rings. The largest absolute Gasteiger partial charge is 0.390 e. The minimum atomic E-state index is -2.90. The van der Waals surface area contributed by atoms with Crippen molar-refractivity contribution in [3.05, 3.63) is 18.3 Å². The molecule has 0 aliphatic carbocycles.